The lowest BCUT2D eigenvalue weighted by Crippen LogP contribution is -2.02. The van der Waals surface area contributed by atoms with Crippen molar-refractivity contribution in [3.05, 3.63) is 22.7 Å². The Morgan fingerprint density at radius 3 is 2.93 bits per heavy atom. The minimum atomic E-state index is -2.87. The van der Waals surface area contributed by atoms with Crippen LogP contribution in [0.25, 0.3) is 10.2 Å². The van der Waals surface area contributed by atoms with Crippen molar-refractivity contribution in [1.82, 2.24) is 4.98 Å². The maximum absolute atomic E-state index is 11.9. The number of hydrogen-bond donors (Lipinski definition) is 0. The monoisotopic (exact) mass is 235 g/mol. The second-order valence-corrected chi connectivity index (χ2v) is 3.77. The molecule has 2 rings (SSSR count). The molecule has 0 atom stereocenters. The van der Waals surface area contributed by atoms with Crippen LogP contribution in [0.2, 0.25) is 5.02 Å². The number of fused-ring (bicyclic) bond motifs is 1. The van der Waals surface area contributed by atoms with Crippen LogP contribution in [0.5, 0.6) is 5.75 Å². The van der Waals surface area contributed by atoms with Gasteiger partial charge in [-0.05, 0) is 6.07 Å². The number of nitrogens with zero attached hydrogens (tertiary/aromatic N) is 1. The van der Waals surface area contributed by atoms with E-state index in [4.69, 9.17) is 11.6 Å². The predicted octanol–water partition coefficient (Wildman–Crippen LogP) is 3.55. The number of hydrogen-bond acceptors (Lipinski definition) is 3. The summed E-state index contributed by atoms with van der Waals surface area (Å²) in [4.78, 5) is 3.96. The fourth-order valence-electron chi connectivity index (χ4n) is 1.05. The van der Waals surface area contributed by atoms with Gasteiger partial charge in [-0.15, -0.1) is 11.3 Å². The predicted molar refractivity (Wildman–Crippen MR) is 51.3 cm³/mol. The van der Waals surface area contributed by atoms with Crippen molar-refractivity contribution < 1.29 is 13.5 Å². The molecule has 1 aromatic heterocycles. The third-order valence-corrected chi connectivity index (χ3v) is 2.69. The van der Waals surface area contributed by atoms with Crippen molar-refractivity contribution in [2.75, 3.05) is 0 Å². The van der Waals surface area contributed by atoms with Crippen LogP contribution in [-0.2, 0) is 0 Å². The zero-order chi connectivity index (χ0) is 10.1. The van der Waals surface area contributed by atoms with Gasteiger partial charge in [-0.1, -0.05) is 11.6 Å². The highest BCUT2D eigenvalue weighted by Crippen LogP contribution is 2.32. The Morgan fingerprint density at radius 1 is 1.43 bits per heavy atom. The van der Waals surface area contributed by atoms with Crippen LogP contribution < -0.4 is 4.74 Å². The Morgan fingerprint density at radius 2 is 2.21 bits per heavy atom. The third-order valence-electron chi connectivity index (χ3n) is 1.60. The molecule has 0 bridgehead atoms. The quantitative estimate of drug-likeness (QED) is 0.794. The van der Waals surface area contributed by atoms with Gasteiger partial charge in [0, 0.05) is 6.07 Å². The number of aromatic nitrogens is 1. The Bertz CT molecular complexity index is 460. The zero-order valence-corrected chi connectivity index (χ0v) is 8.28. The standard InChI is InChI=1S/C8H4ClF2NOS/c9-4-1-7-5(12-3-14-7)2-6(4)13-8(10)11/h1-3,8H. The highest BCUT2D eigenvalue weighted by molar-refractivity contribution is 7.16. The van der Waals surface area contributed by atoms with E-state index in [0.717, 1.165) is 4.70 Å². The van der Waals surface area contributed by atoms with E-state index in [2.05, 4.69) is 9.72 Å². The first-order valence-electron chi connectivity index (χ1n) is 3.64. The molecule has 0 radical (unpaired) electrons. The molecule has 0 saturated carbocycles. The van der Waals surface area contributed by atoms with Gasteiger partial charge in [0.05, 0.1) is 20.7 Å². The van der Waals surface area contributed by atoms with Gasteiger partial charge in [0.15, 0.2) is 0 Å². The topological polar surface area (TPSA) is 22.1 Å². The summed E-state index contributed by atoms with van der Waals surface area (Å²) < 4.78 is 28.9. The van der Waals surface area contributed by atoms with Crippen LogP contribution in [0.4, 0.5) is 8.78 Å². The molecule has 0 amide bonds. The summed E-state index contributed by atoms with van der Waals surface area (Å²) in [5.41, 5.74) is 2.22. The molecule has 1 heterocycles. The van der Waals surface area contributed by atoms with Crippen molar-refractivity contribution >= 4 is 33.2 Å². The van der Waals surface area contributed by atoms with Crippen LogP contribution in [0.1, 0.15) is 0 Å². The number of alkyl halides is 2. The molecule has 0 unspecified atom stereocenters. The summed E-state index contributed by atoms with van der Waals surface area (Å²) in [6.07, 6.45) is 0. The summed E-state index contributed by atoms with van der Waals surface area (Å²) in [6.45, 7) is -2.87. The van der Waals surface area contributed by atoms with Crippen LogP contribution in [0, 0.1) is 0 Å². The van der Waals surface area contributed by atoms with E-state index in [-0.39, 0.29) is 10.8 Å². The lowest BCUT2D eigenvalue weighted by atomic mass is 10.3. The smallest absolute Gasteiger partial charge is 0.387 e. The molecule has 0 fully saturated rings. The molecule has 74 valence electrons. The van der Waals surface area contributed by atoms with Gasteiger partial charge in [-0.3, -0.25) is 0 Å². The maximum Gasteiger partial charge on any atom is 0.387 e. The van der Waals surface area contributed by atoms with E-state index in [1.54, 1.807) is 11.6 Å². The van der Waals surface area contributed by atoms with Gasteiger partial charge in [0.1, 0.15) is 5.75 Å². The molecule has 6 heteroatoms. The van der Waals surface area contributed by atoms with E-state index < -0.39 is 6.61 Å². The van der Waals surface area contributed by atoms with Gasteiger partial charge in [0.25, 0.3) is 0 Å². The fraction of sp³-hybridized carbons (Fsp3) is 0.125. The van der Waals surface area contributed by atoms with E-state index in [9.17, 15) is 8.78 Å². The third kappa shape index (κ3) is 1.78. The van der Waals surface area contributed by atoms with Crippen LogP contribution >= 0.6 is 22.9 Å². The number of thiazole rings is 1. The minimum Gasteiger partial charge on any atom is -0.433 e. The Kier molecular flexibility index (Phi) is 2.52. The van der Waals surface area contributed by atoms with Gasteiger partial charge in [-0.25, -0.2) is 4.98 Å². The zero-order valence-electron chi connectivity index (χ0n) is 6.71. The van der Waals surface area contributed by atoms with Crippen molar-refractivity contribution in [1.29, 1.82) is 0 Å². The number of halogens is 3. The first kappa shape index (κ1) is 9.61. The highest BCUT2D eigenvalue weighted by Gasteiger charge is 2.10. The Labute approximate surface area is 87.1 Å². The Hall–Kier alpha value is -0.940. The summed E-state index contributed by atoms with van der Waals surface area (Å²) in [7, 11) is 0. The van der Waals surface area contributed by atoms with Gasteiger partial charge in [-0.2, -0.15) is 8.78 Å². The van der Waals surface area contributed by atoms with Gasteiger partial charge in [0.2, 0.25) is 0 Å². The maximum atomic E-state index is 11.9. The van der Waals surface area contributed by atoms with E-state index in [1.165, 1.54) is 17.4 Å². The van der Waals surface area contributed by atoms with Crippen molar-refractivity contribution in [2.24, 2.45) is 0 Å². The summed E-state index contributed by atoms with van der Waals surface area (Å²) in [5, 5.41) is 0.169. The van der Waals surface area contributed by atoms with Gasteiger partial charge >= 0.3 is 6.61 Å². The summed E-state index contributed by atoms with van der Waals surface area (Å²) in [5.74, 6) is -0.0416. The first-order valence-corrected chi connectivity index (χ1v) is 4.90. The lowest BCUT2D eigenvalue weighted by molar-refractivity contribution is -0.0496. The minimum absolute atomic E-state index is 0.0416. The van der Waals surface area contributed by atoms with E-state index in [0.29, 0.717) is 5.52 Å². The average molecular weight is 236 g/mol. The van der Waals surface area contributed by atoms with E-state index >= 15 is 0 Å². The van der Waals surface area contributed by atoms with Gasteiger partial charge < -0.3 is 4.74 Å². The molecular weight excluding hydrogens is 232 g/mol. The van der Waals surface area contributed by atoms with Crippen LogP contribution in [0.3, 0.4) is 0 Å². The van der Waals surface area contributed by atoms with E-state index in [1.807, 2.05) is 0 Å². The largest absolute Gasteiger partial charge is 0.433 e. The molecule has 0 aliphatic carbocycles. The number of rotatable bonds is 2. The second kappa shape index (κ2) is 3.67. The molecule has 1 aromatic carbocycles. The number of benzene rings is 1. The molecule has 0 saturated heterocycles. The molecule has 0 N–H and O–H groups in total. The average Bonchev–Trinajstić information content (AvgIpc) is 2.51. The normalized spacial score (nSPS) is 11.1. The lowest BCUT2D eigenvalue weighted by Gasteiger charge is -2.05. The van der Waals surface area contributed by atoms with Crippen LogP contribution in [0.15, 0.2) is 17.6 Å². The first-order chi connectivity index (χ1) is 6.66. The van der Waals surface area contributed by atoms with Crippen LogP contribution in [-0.4, -0.2) is 11.6 Å². The highest BCUT2D eigenvalue weighted by atomic mass is 35.5. The molecular formula is C8H4ClF2NOS. The van der Waals surface area contributed by atoms with Crippen molar-refractivity contribution in [3.63, 3.8) is 0 Å². The SMILES string of the molecule is FC(F)Oc1cc2ncsc2cc1Cl. The van der Waals surface area contributed by atoms with Crippen molar-refractivity contribution in [3.8, 4) is 5.75 Å². The Balaban J connectivity index is 2.48. The molecule has 2 nitrogen and oxygen atoms in total. The summed E-state index contributed by atoms with van der Waals surface area (Å²) in [6, 6.07) is 2.96. The molecule has 0 spiro atoms. The van der Waals surface area contributed by atoms with Crippen molar-refractivity contribution in [2.45, 2.75) is 6.61 Å². The molecule has 2 aromatic rings. The molecule has 0 aliphatic rings. The number of ether oxygens (including phenoxy) is 1. The summed E-state index contributed by atoms with van der Waals surface area (Å²) >= 11 is 7.12. The fourth-order valence-corrected chi connectivity index (χ4v) is 2.02. The second-order valence-electron chi connectivity index (χ2n) is 2.48. The molecule has 0 aliphatic heterocycles. The molecule has 14 heavy (non-hydrogen) atoms.